The molecule has 6 heteroatoms. The number of fused-ring (bicyclic) bond motifs is 2. The van der Waals surface area contributed by atoms with Gasteiger partial charge in [0.1, 0.15) is 0 Å². The summed E-state index contributed by atoms with van der Waals surface area (Å²) >= 11 is 1.45. The average molecular weight is 352 g/mol. The van der Waals surface area contributed by atoms with E-state index in [0.29, 0.717) is 16.5 Å². The van der Waals surface area contributed by atoms with E-state index < -0.39 is 0 Å². The monoisotopic (exact) mass is 352 g/mol. The number of furan rings is 1. The molecule has 0 spiro atoms. The number of para-hydroxylation sites is 1. The summed E-state index contributed by atoms with van der Waals surface area (Å²) in [5.41, 5.74) is 3.83. The van der Waals surface area contributed by atoms with Gasteiger partial charge < -0.3 is 9.15 Å². The number of nitrogens with zero attached hydrogens (tertiary/aromatic N) is 1. The lowest BCUT2D eigenvalue weighted by atomic mass is 10.1. The molecule has 0 radical (unpaired) electrons. The third-order valence-corrected chi connectivity index (χ3v) is 5.11. The molecule has 4 rings (SSSR count). The highest BCUT2D eigenvalue weighted by molar-refractivity contribution is 7.22. The largest absolute Gasteiger partial charge is 0.493 e. The lowest BCUT2D eigenvalue weighted by molar-refractivity contribution is 0.0998. The summed E-state index contributed by atoms with van der Waals surface area (Å²) in [7, 11) is 1.57. The predicted molar refractivity (Wildman–Crippen MR) is 99.8 cm³/mol. The van der Waals surface area contributed by atoms with E-state index in [1.807, 2.05) is 25.1 Å². The Morgan fingerprint density at radius 3 is 2.80 bits per heavy atom. The van der Waals surface area contributed by atoms with E-state index in [1.165, 1.54) is 22.5 Å². The van der Waals surface area contributed by atoms with Crippen molar-refractivity contribution in [1.29, 1.82) is 0 Å². The molecule has 0 unspecified atom stereocenters. The van der Waals surface area contributed by atoms with Crippen molar-refractivity contribution in [1.82, 2.24) is 4.98 Å². The molecule has 126 valence electrons. The fourth-order valence-electron chi connectivity index (χ4n) is 2.70. The van der Waals surface area contributed by atoms with E-state index in [4.69, 9.17) is 9.15 Å². The molecule has 0 fully saturated rings. The average Bonchev–Trinajstić information content (AvgIpc) is 3.18. The number of thiazole rings is 1. The van der Waals surface area contributed by atoms with E-state index in [2.05, 4.69) is 23.3 Å². The molecule has 5 nitrogen and oxygen atoms in total. The summed E-state index contributed by atoms with van der Waals surface area (Å²) in [6.07, 6.45) is 0. The van der Waals surface area contributed by atoms with Crippen molar-refractivity contribution < 1.29 is 13.9 Å². The van der Waals surface area contributed by atoms with Crippen LogP contribution in [0.5, 0.6) is 5.75 Å². The highest BCUT2D eigenvalue weighted by Crippen LogP contribution is 2.31. The van der Waals surface area contributed by atoms with Crippen LogP contribution in [0.2, 0.25) is 0 Å². The van der Waals surface area contributed by atoms with Gasteiger partial charge in [0.25, 0.3) is 5.91 Å². The first-order chi connectivity index (χ1) is 12.0. The summed E-state index contributed by atoms with van der Waals surface area (Å²) in [4.78, 5) is 17.0. The molecule has 0 aliphatic heterocycles. The fourth-order valence-corrected chi connectivity index (χ4v) is 3.64. The van der Waals surface area contributed by atoms with Gasteiger partial charge in [-0.3, -0.25) is 10.1 Å². The SMILES string of the molecule is COc1cccc2cc(C(=O)Nc3nc4cc(C)c(C)cc4s3)oc12. The molecule has 0 saturated heterocycles. The maximum atomic E-state index is 12.5. The number of amides is 1. The molecular formula is C19H16N2O3S. The zero-order valence-electron chi connectivity index (χ0n) is 14.0. The van der Waals surface area contributed by atoms with Gasteiger partial charge in [-0.25, -0.2) is 4.98 Å². The Bertz CT molecular complexity index is 1070. The van der Waals surface area contributed by atoms with Crippen molar-refractivity contribution >= 4 is 43.6 Å². The number of aryl methyl sites for hydroxylation is 2. The van der Waals surface area contributed by atoms with E-state index in [1.54, 1.807) is 19.2 Å². The quantitative estimate of drug-likeness (QED) is 0.568. The van der Waals surface area contributed by atoms with Crippen LogP contribution >= 0.6 is 11.3 Å². The van der Waals surface area contributed by atoms with Crippen LogP contribution in [0.3, 0.4) is 0 Å². The molecule has 1 amide bonds. The molecule has 0 aliphatic carbocycles. The molecule has 4 aromatic rings. The summed E-state index contributed by atoms with van der Waals surface area (Å²) in [5.74, 6) is 0.499. The second kappa shape index (κ2) is 5.89. The lowest BCUT2D eigenvalue weighted by Crippen LogP contribution is -2.10. The number of hydrogen-bond donors (Lipinski definition) is 1. The Morgan fingerprint density at radius 1 is 1.20 bits per heavy atom. The Hall–Kier alpha value is -2.86. The van der Waals surface area contributed by atoms with Crippen molar-refractivity contribution in [3.8, 4) is 5.75 Å². The zero-order valence-corrected chi connectivity index (χ0v) is 14.9. The van der Waals surface area contributed by atoms with Crippen molar-refractivity contribution in [2.24, 2.45) is 0 Å². The van der Waals surface area contributed by atoms with E-state index >= 15 is 0 Å². The number of ether oxygens (including phenoxy) is 1. The van der Waals surface area contributed by atoms with Crippen LogP contribution in [0, 0.1) is 13.8 Å². The van der Waals surface area contributed by atoms with Gasteiger partial charge >= 0.3 is 0 Å². The molecule has 25 heavy (non-hydrogen) atoms. The first kappa shape index (κ1) is 15.7. The number of nitrogens with one attached hydrogen (secondary N) is 1. The Morgan fingerprint density at radius 2 is 2.00 bits per heavy atom. The highest BCUT2D eigenvalue weighted by Gasteiger charge is 2.16. The maximum absolute atomic E-state index is 12.5. The van der Waals surface area contributed by atoms with Gasteiger partial charge in [-0.1, -0.05) is 23.5 Å². The number of carbonyl (C=O) groups excluding carboxylic acids is 1. The third kappa shape index (κ3) is 2.74. The topological polar surface area (TPSA) is 64.4 Å². The number of rotatable bonds is 3. The Balaban J connectivity index is 1.66. The maximum Gasteiger partial charge on any atom is 0.293 e. The fraction of sp³-hybridized carbons (Fsp3) is 0.158. The zero-order chi connectivity index (χ0) is 17.6. The normalized spacial score (nSPS) is 11.2. The minimum Gasteiger partial charge on any atom is -0.493 e. The van der Waals surface area contributed by atoms with Crippen LogP contribution in [0.1, 0.15) is 21.7 Å². The van der Waals surface area contributed by atoms with E-state index in [9.17, 15) is 4.79 Å². The molecule has 0 aliphatic rings. The second-order valence-corrected chi connectivity index (χ2v) is 6.90. The summed E-state index contributed by atoms with van der Waals surface area (Å²) in [5, 5.41) is 4.19. The minimum atomic E-state index is -0.328. The van der Waals surface area contributed by atoms with Gasteiger partial charge in [-0.05, 0) is 49.2 Å². The molecule has 0 atom stereocenters. The Labute approximate surface area is 148 Å². The molecular weight excluding hydrogens is 336 g/mol. The van der Waals surface area contributed by atoms with E-state index in [0.717, 1.165) is 15.6 Å². The van der Waals surface area contributed by atoms with Crippen LogP contribution in [0.15, 0.2) is 40.8 Å². The van der Waals surface area contributed by atoms with Gasteiger partial charge in [-0.15, -0.1) is 0 Å². The van der Waals surface area contributed by atoms with Gasteiger partial charge in [0, 0.05) is 5.39 Å². The number of hydrogen-bond acceptors (Lipinski definition) is 5. The first-order valence-electron chi connectivity index (χ1n) is 7.81. The van der Waals surface area contributed by atoms with Crippen LogP contribution in [0.4, 0.5) is 5.13 Å². The molecule has 0 bridgehead atoms. The standard InChI is InChI=1S/C19H16N2O3S/c1-10-7-13-16(8-11(10)2)25-19(20-13)21-18(22)15-9-12-5-4-6-14(23-3)17(12)24-15/h4-9H,1-3H3,(H,20,21,22). The van der Waals surface area contributed by atoms with Gasteiger partial charge in [-0.2, -0.15) is 0 Å². The molecule has 2 aromatic heterocycles. The molecule has 2 aromatic carbocycles. The lowest BCUT2D eigenvalue weighted by Gasteiger charge is -1.99. The van der Waals surface area contributed by atoms with Crippen molar-refractivity contribution in [3.63, 3.8) is 0 Å². The summed E-state index contributed by atoms with van der Waals surface area (Å²) in [6.45, 7) is 4.11. The van der Waals surface area contributed by atoms with Crippen LogP contribution in [-0.4, -0.2) is 18.0 Å². The second-order valence-electron chi connectivity index (χ2n) is 5.87. The van der Waals surface area contributed by atoms with Crippen molar-refractivity contribution in [2.75, 3.05) is 12.4 Å². The van der Waals surface area contributed by atoms with Crippen LogP contribution in [0.25, 0.3) is 21.2 Å². The first-order valence-corrected chi connectivity index (χ1v) is 8.62. The van der Waals surface area contributed by atoms with Gasteiger partial charge in [0.2, 0.25) is 0 Å². The highest BCUT2D eigenvalue weighted by atomic mass is 32.1. The number of methoxy groups -OCH3 is 1. The molecule has 0 saturated carbocycles. The van der Waals surface area contributed by atoms with Crippen molar-refractivity contribution in [3.05, 3.63) is 53.3 Å². The van der Waals surface area contributed by atoms with Gasteiger partial charge in [0.05, 0.1) is 17.3 Å². The van der Waals surface area contributed by atoms with E-state index in [-0.39, 0.29) is 11.7 Å². The minimum absolute atomic E-state index is 0.228. The number of carbonyl (C=O) groups is 1. The molecule has 1 N–H and O–H groups in total. The summed E-state index contributed by atoms with van der Waals surface area (Å²) in [6, 6.07) is 11.4. The predicted octanol–water partition coefficient (Wildman–Crippen LogP) is 4.92. The number of aromatic nitrogens is 1. The smallest absolute Gasteiger partial charge is 0.293 e. The molecule has 2 heterocycles. The van der Waals surface area contributed by atoms with Crippen molar-refractivity contribution in [2.45, 2.75) is 13.8 Å². The Kier molecular flexibility index (Phi) is 3.69. The third-order valence-electron chi connectivity index (χ3n) is 4.18. The summed E-state index contributed by atoms with van der Waals surface area (Å²) < 4.78 is 12.0. The number of benzene rings is 2. The number of anilines is 1. The van der Waals surface area contributed by atoms with Gasteiger partial charge in [0.15, 0.2) is 22.2 Å². The van der Waals surface area contributed by atoms with Crippen LogP contribution < -0.4 is 10.1 Å². The van der Waals surface area contributed by atoms with Crippen LogP contribution in [-0.2, 0) is 0 Å².